The van der Waals surface area contributed by atoms with Crippen molar-refractivity contribution in [3.8, 4) is 5.75 Å². The van der Waals surface area contributed by atoms with Crippen molar-refractivity contribution < 1.29 is 13.9 Å². The molecule has 0 saturated heterocycles. The van der Waals surface area contributed by atoms with E-state index >= 15 is 0 Å². The molecule has 2 heterocycles. The van der Waals surface area contributed by atoms with E-state index in [1.165, 1.54) is 18.2 Å². The van der Waals surface area contributed by atoms with Crippen molar-refractivity contribution in [2.24, 2.45) is 0 Å². The summed E-state index contributed by atoms with van der Waals surface area (Å²) in [5, 5.41) is 3.52. The van der Waals surface area contributed by atoms with Gasteiger partial charge in [-0.1, -0.05) is 35.9 Å². The number of nitrogens with zero attached hydrogens (tertiary/aromatic N) is 1. The summed E-state index contributed by atoms with van der Waals surface area (Å²) in [5.41, 5.74) is 3.12. The van der Waals surface area contributed by atoms with E-state index in [1.54, 1.807) is 24.5 Å². The Labute approximate surface area is 175 Å². The SMILES string of the molecule is COc1ccc(Cl)cc1C(=O)NC[C@@H](c1ccco1)N1CCc2ccccc2C1. The van der Waals surface area contributed by atoms with Gasteiger partial charge >= 0.3 is 0 Å². The van der Waals surface area contributed by atoms with Gasteiger partial charge in [-0.05, 0) is 47.9 Å². The van der Waals surface area contributed by atoms with Crippen LogP contribution in [0, 0.1) is 0 Å². The number of ether oxygens (including phenoxy) is 1. The summed E-state index contributed by atoms with van der Waals surface area (Å²) in [5.74, 6) is 1.11. The zero-order valence-corrected chi connectivity index (χ0v) is 17.0. The number of carbonyl (C=O) groups is 1. The summed E-state index contributed by atoms with van der Waals surface area (Å²) in [6, 6.07) is 17.3. The number of halogens is 1. The molecule has 1 atom stereocenters. The van der Waals surface area contributed by atoms with Gasteiger partial charge in [0, 0.05) is 24.7 Å². The van der Waals surface area contributed by atoms with E-state index in [1.807, 2.05) is 12.1 Å². The minimum absolute atomic E-state index is 0.0625. The first-order chi connectivity index (χ1) is 14.2. The molecule has 1 amide bonds. The number of hydrogen-bond donors (Lipinski definition) is 1. The van der Waals surface area contributed by atoms with Crippen LogP contribution in [0.4, 0.5) is 0 Å². The summed E-state index contributed by atoms with van der Waals surface area (Å²) in [6.45, 7) is 2.14. The maximum Gasteiger partial charge on any atom is 0.255 e. The van der Waals surface area contributed by atoms with E-state index < -0.39 is 0 Å². The van der Waals surface area contributed by atoms with Crippen LogP contribution < -0.4 is 10.1 Å². The average Bonchev–Trinajstić information content (AvgIpc) is 3.28. The molecule has 0 bridgehead atoms. The molecule has 29 heavy (non-hydrogen) atoms. The van der Waals surface area contributed by atoms with E-state index in [9.17, 15) is 4.79 Å². The highest BCUT2D eigenvalue weighted by Crippen LogP contribution is 2.28. The van der Waals surface area contributed by atoms with Gasteiger partial charge in [0.05, 0.1) is 25.0 Å². The predicted octanol–water partition coefficient (Wildman–Crippen LogP) is 4.47. The topological polar surface area (TPSA) is 54.7 Å². The Morgan fingerprint density at radius 1 is 1.21 bits per heavy atom. The number of fused-ring (bicyclic) bond motifs is 1. The van der Waals surface area contributed by atoms with E-state index in [-0.39, 0.29) is 11.9 Å². The largest absolute Gasteiger partial charge is 0.496 e. The fraction of sp³-hybridized carbons (Fsp3) is 0.261. The van der Waals surface area contributed by atoms with E-state index in [4.69, 9.17) is 20.8 Å². The van der Waals surface area contributed by atoms with Crippen molar-refractivity contribution in [1.29, 1.82) is 0 Å². The lowest BCUT2D eigenvalue weighted by molar-refractivity contribution is 0.0916. The second-order valence-corrected chi connectivity index (χ2v) is 7.51. The number of methoxy groups -OCH3 is 1. The van der Waals surface area contributed by atoms with Crippen LogP contribution in [0.1, 0.15) is 33.3 Å². The minimum Gasteiger partial charge on any atom is -0.496 e. The van der Waals surface area contributed by atoms with Crippen molar-refractivity contribution in [2.45, 2.75) is 19.0 Å². The lowest BCUT2D eigenvalue weighted by Crippen LogP contribution is -2.40. The van der Waals surface area contributed by atoms with Crippen molar-refractivity contribution in [1.82, 2.24) is 10.2 Å². The molecule has 1 N–H and O–H groups in total. The van der Waals surface area contributed by atoms with Crippen LogP contribution in [-0.4, -0.2) is 31.0 Å². The Kier molecular flexibility index (Phi) is 5.88. The minimum atomic E-state index is -0.224. The third-order valence-electron chi connectivity index (χ3n) is 5.33. The Balaban J connectivity index is 1.52. The van der Waals surface area contributed by atoms with E-state index in [0.717, 1.165) is 25.3 Å². The molecule has 2 aromatic carbocycles. The molecule has 0 aliphatic carbocycles. The zero-order chi connectivity index (χ0) is 20.2. The molecular formula is C23H23ClN2O3. The first-order valence-corrected chi connectivity index (χ1v) is 9.99. The van der Waals surface area contributed by atoms with Gasteiger partial charge in [0.15, 0.2) is 0 Å². The molecule has 6 heteroatoms. The molecule has 1 aromatic heterocycles. The van der Waals surface area contributed by atoms with Gasteiger partial charge in [-0.2, -0.15) is 0 Å². The van der Waals surface area contributed by atoms with Gasteiger partial charge in [0.2, 0.25) is 0 Å². The van der Waals surface area contributed by atoms with Gasteiger partial charge in [-0.3, -0.25) is 9.69 Å². The number of hydrogen-bond acceptors (Lipinski definition) is 4. The van der Waals surface area contributed by atoms with Crippen LogP contribution in [0.3, 0.4) is 0 Å². The summed E-state index contributed by atoms with van der Waals surface area (Å²) in [4.78, 5) is 15.2. The highest BCUT2D eigenvalue weighted by molar-refractivity contribution is 6.31. The number of benzene rings is 2. The fourth-order valence-corrected chi connectivity index (χ4v) is 3.99. The third-order valence-corrected chi connectivity index (χ3v) is 5.57. The standard InChI is InChI=1S/C23H23ClN2O3/c1-28-21-9-8-18(24)13-19(21)23(27)25-14-20(22-7-4-12-29-22)26-11-10-16-5-2-3-6-17(16)15-26/h2-9,12-13,20H,10-11,14-15H2,1H3,(H,25,27)/t20-/m0/s1. The summed E-state index contributed by atoms with van der Waals surface area (Å²) < 4.78 is 11.0. The van der Waals surface area contributed by atoms with Crippen LogP contribution in [-0.2, 0) is 13.0 Å². The molecule has 0 saturated carbocycles. The molecule has 150 valence electrons. The molecule has 1 aliphatic rings. The predicted molar refractivity (Wildman–Crippen MR) is 112 cm³/mol. The van der Waals surface area contributed by atoms with Crippen LogP contribution in [0.2, 0.25) is 5.02 Å². The summed E-state index contributed by atoms with van der Waals surface area (Å²) >= 11 is 6.07. The molecule has 5 nitrogen and oxygen atoms in total. The molecule has 0 unspecified atom stereocenters. The van der Waals surface area contributed by atoms with Crippen molar-refractivity contribution >= 4 is 17.5 Å². The normalized spacial score (nSPS) is 14.8. The number of furan rings is 1. The second kappa shape index (κ2) is 8.72. The average molecular weight is 411 g/mol. The first kappa shape index (κ1) is 19.6. The van der Waals surface area contributed by atoms with Crippen molar-refractivity contribution in [2.75, 3.05) is 20.2 Å². The van der Waals surface area contributed by atoms with E-state index in [0.29, 0.717) is 22.9 Å². The number of nitrogens with one attached hydrogen (secondary N) is 1. The number of rotatable bonds is 6. The first-order valence-electron chi connectivity index (χ1n) is 9.61. The van der Waals surface area contributed by atoms with Crippen LogP contribution >= 0.6 is 11.6 Å². The zero-order valence-electron chi connectivity index (χ0n) is 16.2. The lowest BCUT2D eigenvalue weighted by atomic mass is 9.98. The fourth-order valence-electron chi connectivity index (χ4n) is 3.82. The van der Waals surface area contributed by atoms with Gasteiger partial charge in [-0.25, -0.2) is 0 Å². The Hall–Kier alpha value is -2.76. The summed E-state index contributed by atoms with van der Waals surface area (Å²) in [6.07, 6.45) is 2.64. The quantitative estimate of drug-likeness (QED) is 0.651. The van der Waals surface area contributed by atoms with Crippen LogP contribution in [0.5, 0.6) is 5.75 Å². The number of carbonyl (C=O) groups excluding carboxylic acids is 1. The molecule has 1 aliphatic heterocycles. The van der Waals surface area contributed by atoms with Gasteiger partial charge in [-0.15, -0.1) is 0 Å². The maximum absolute atomic E-state index is 12.8. The molecular weight excluding hydrogens is 388 g/mol. The molecule has 3 aromatic rings. The van der Waals surface area contributed by atoms with Gasteiger partial charge in [0.1, 0.15) is 11.5 Å². The molecule has 0 radical (unpaired) electrons. The summed E-state index contributed by atoms with van der Waals surface area (Å²) in [7, 11) is 1.54. The van der Waals surface area contributed by atoms with E-state index in [2.05, 4.69) is 34.5 Å². The monoisotopic (exact) mass is 410 g/mol. The molecule has 4 rings (SSSR count). The Bertz CT molecular complexity index is 988. The highest BCUT2D eigenvalue weighted by atomic mass is 35.5. The smallest absolute Gasteiger partial charge is 0.255 e. The van der Waals surface area contributed by atoms with Crippen molar-refractivity contribution in [3.63, 3.8) is 0 Å². The number of amides is 1. The van der Waals surface area contributed by atoms with Crippen LogP contribution in [0.25, 0.3) is 0 Å². The Morgan fingerprint density at radius 2 is 2.03 bits per heavy atom. The second-order valence-electron chi connectivity index (χ2n) is 7.08. The highest BCUT2D eigenvalue weighted by Gasteiger charge is 2.27. The maximum atomic E-state index is 12.8. The molecule has 0 spiro atoms. The van der Waals surface area contributed by atoms with Gasteiger partial charge < -0.3 is 14.5 Å². The lowest BCUT2D eigenvalue weighted by Gasteiger charge is -2.34. The van der Waals surface area contributed by atoms with Gasteiger partial charge in [0.25, 0.3) is 5.91 Å². The van der Waals surface area contributed by atoms with Crippen molar-refractivity contribution in [3.05, 3.63) is 88.3 Å². The third kappa shape index (κ3) is 4.31. The van der Waals surface area contributed by atoms with Crippen LogP contribution in [0.15, 0.2) is 65.3 Å². The molecule has 0 fully saturated rings. The Morgan fingerprint density at radius 3 is 2.79 bits per heavy atom.